The minimum absolute atomic E-state index is 0.0508. The fourth-order valence-electron chi connectivity index (χ4n) is 2.56. The number of nitrogen functional groups attached to an aromatic ring is 1. The molecule has 3 rings (SSSR count). The third kappa shape index (κ3) is 3.36. The maximum absolute atomic E-state index is 12.6. The van der Waals surface area contributed by atoms with Gasteiger partial charge in [-0.1, -0.05) is 36.4 Å². The molecule has 0 fully saturated rings. The van der Waals surface area contributed by atoms with Crippen molar-refractivity contribution in [3.63, 3.8) is 0 Å². The van der Waals surface area contributed by atoms with Gasteiger partial charge in [0.05, 0.1) is 17.1 Å². The molecule has 128 valence electrons. The van der Waals surface area contributed by atoms with Crippen molar-refractivity contribution < 1.29 is 9.90 Å². The zero-order valence-corrected chi connectivity index (χ0v) is 13.7. The van der Waals surface area contributed by atoms with Crippen LogP contribution in [0.2, 0.25) is 0 Å². The highest BCUT2D eigenvalue weighted by atomic mass is 16.3. The van der Waals surface area contributed by atoms with Crippen molar-refractivity contribution in [1.29, 1.82) is 5.41 Å². The molecule has 0 saturated carbocycles. The van der Waals surface area contributed by atoms with E-state index in [2.05, 4.69) is 10.3 Å². The summed E-state index contributed by atoms with van der Waals surface area (Å²) in [6.45, 7) is 1.98. The van der Waals surface area contributed by atoms with E-state index in [1.807, 2.05) is 30.3 Å². The molecule has 5 N–H and O–H groups in total. The van der Waals surface area contributed by atoms with Crippen LogP contribution in [0.4, 0.5) is 10.6 Å². The van der Waals surface area contributed by atoms with Crippen LogP contribution in [0.3, 0.4) is 0 Å². The van der Waals surface area contributed by atoms with E-state index in [1.165, 1.54) is 4.57 Å². The zero-order chi connectivity index (χ0) is 18.0. The molecule has 1 aromatic heterocycles. The number of carbonyl (C=O) groups is 1. The Hall–Kier alpha value is -3.19. The summed E-state index contributed by atoms with van der Waals surface area (Å²) in [6.07, 6.45) is -0.663. The lowest BCUT2D eigenvalue weighted by molar-refractivity contribution is 0.199. The molecule has 0 spiro atoms. The van der Waals surface area contributed by atoms with Crippen molar-refractivity contribution in [2.75, 3.05) is 5.73 Å². The lowest BCUT2D eigenvalue weighted by Crippen LogP contribution is -2.37. The molecule has 2 aromatic carbocycles. The van der Waals surface area contributed by atoms with Gasteiger partial charge in [0.25, 0.3) is 0 Å². The van der Waals surface area contributed by atoms with Crippen molar-refractivity contribution >= 4 is 22.9 Å². The van der Waals surface area contributed by atoms with Crippen LogP contribution in [-0.4, -0.2) is 20.7 Å². The lowest BCUT2D eigenvalue weighted by Gasteiger charge is -2.14. The van der Waals surface area contributed by atoms with E-state index in [9.17, 15) is 9.90 Å². The Kier molecular flexibility index (Phi) is 4.49. The predicted octanol–water partition coefficient (Wildman–Crippen LogP) is 1.91. The van der Waals surface area contributed by atoms with E-state index in [4.69, 9.17) is 11.1 Å². The highest BCUT2D eigenvalue weighted by Crippen LogP contribution is 2.18. The summed E-state index contributed by atoms with van der Waals surface area (Å²) in [6, 6.07) is 14.0. The van der Waals surface area contributed by atoms with Crippen LogP contribution in [0.15, 0.2) is 48.5 Å². The van der Waals surface area contributed by atoms with Gasteiger partial charge in [-0.25, -0.2) is 14.3 Å². The lowest BCUT2D eigenvalue weighted by atomic mass is 10.1. The number of amides is 1. The second-order valence-corrected chi connectivity index (χ2v) is 5.75. The van der Waals surface area contributed by atoms with Gasteiger partial charge < -0.3 is 16.2 Å². The summed E-state index contributed by atoms with van der Waals surface area (Å²) in [7, 11) is 0. The summed E-state index contributed by atoms with van der Waals surface area (Å²) in [5, 5.41) is 20.6. The standard InChI is InChI=1S/C18H19N5O2/c1-11(24)13-7-8-15-14(9-13)22-16(19)17(20)23(15)18(25)21-10-12-5-3-2-4-6-12/h2-9,11,20,24H,10H2,1H3,(H2,19,22)(H,21,25). The molecule has 0 aliphatic carbocycles. The summed E-state index contributed by atoms with van der Waals surface area (Å²) in [4.78, 5) is 16.8. The van der Waals surface area contributed by atoms with Gasteiger partial charge in [0.1, 0.15) is 0 Å². The first kappa shape index (κ1) is 16.7. The van der Waals surface area contributed by atoms with Crippen LogP contribution in [0.25, 0.3) is 11.0 Å². The Morgan fingerprint density at radius 2 is 2.04 bits per heavy atom. The van der Waals surface area contributed by atoms with Gasteiger partial charge in [-0.2, -0.15) is 0 Å². The summed E-state index contributed by atoms with van der Waals surface area (Å²) < 4.78 is 1.19. The molecule has 0 aliphatic heterocycles. The number of nitrogens with two attached hydrogens (primary N) is 1. The first-order chi connectivity index (χ1) is 12.0. The number of anilines is 1. The van der Waals surface area contributed by atoms with Crippen LogP contribution in [-0.2, 0) is 6.54 Å². The predicted molar refractivity (Wildman–Crippen MR) is 94.7 cm³/mol. The van der Waals surface area contributed by atoms with E-state index in [-0.39, 0.29) is 11.3 Å². The quantitative estimate of drug-likeness (QED) is 0.584. The minimum Gasteiger partial charge on any atom is -0.389 e. The van der Waals surface area contributed by atoms with Crippen LogP contribution >= 0.6 is 0 Å². The van der Waals surface area contributed by atoms with E-state index in [0.717, 1.165) is 5.56 Å². The number of aliphatic hydroxyl groups is 1. The molecular formula is C18H19N5O2. The fourth-order valence-corrected chi connectivity index (χ4v) is 2.56. The summed E-state index contributed by atoms with van der Waals surface area (Å²) in [5.41, 5.74) is 8.13. The third-order valence-corrected chi connectivity index (χ3v) is 3.92. The van der Waals surface area contributed by atoms with Crippen molar-refractivity contribution in [1.82, 2.24) is 14.9 Å². The molecule has 3 aromatic rings. The molecule has 7 nitrogen and oxygen atoms in total. The van der Waals surface area contributed by atoms with E-state index in [1.54, 1.807) is 25.1 Å². The molecule has 1 atom stereocenters. The number of hydrogen-bond donors (Lipinski definition) is 4. The number of aromatic nitrogens is 2. The Bertz CT molecular complexity index is 980. The summed E-state index contributed by atoms with van der Waals surface area (Å²) in [5.74, 6) is -0.0508. The topological polar surface area (TPSA) is 117 Å². The average Bonchev–Trinajstić information content (AvgIpc) is 2.61. The van der Waals surface area contributed by atoms with Crippen molar-refractivity contribution in [3.05, 3.63) is 65.1 Å². The first-order valence-corrected chi connectivity index (χ1v) is 7.84. The molecule has 7 heteroatoms. The monoisotopic (exact) mass is 337 g/mol. The number of rotatable bonds is 3. The smallest absolute Gasteiger partial charge is 0.328 e. The van der Waals surface area contributed by atoms with Crippen LogP contribution in [0.1, 0.15) is 24.2 Å². The van der Waals surface area contributed by atoms with E-state index < -0.39 is 12.1 Å². The van der Waals surface area contributed by atoms with Crippen LogP contribution in [0.5, 0.6) is 0 Å². The average molecular weight is 337 g/mol. The molecule has 0 saturated heterocycles. The Morgan fingerprint density at radius 1 is 1.32 bits per heavy atom. The zero-order valence-electron chi connectivity index (χ0n) is 13.7. The van der Waals surface area contributed by atoms with Crippen LogP contribution in [0, 0.1) is 5.41 Å². The van der Waals surface area contributed by atoms with Crippen molar-refractivity contribution in [2.45, 2.75) is 19.6 Å². The van der Waals surface area contributed by atoms with Gasteiger partial charge >= 0.3 is 6.03 Å². The number of nitrogens with one attached hydrogen (secondary N) is 2. The van der Waals surface area contributed by atoms with Gasteiger partial charge in [0.15, 0.2) is 11.3 Å². The second-order valence-electron chi connectivity index (χ2n) is 5.75. The van der Waals surface area contributed by atoms with Gasteiger partial charge in [0, 0.05) is 6.54 Å². The van der Waals surface area contributed by atoms with Gasteiger partial charge in [0.2, 0.25) is 0 Å². The van der Waals surface area contributed by atoms with Gasteiger partial charge in [-0.3, -0.25) is 5.41 Å². The number of nitrogens with zero attached hydrogens (tertiary/aromatic N) is 2. The summed E-state index contributed by atoms with van der Waals surface area (Å²) >= 11 is 0. The highest BCUT2D eigenvalue weighted by molar-refractivity contribution is 5.89. The maximum atomic E-state index is 12.6. The van der Waals surface area contributed by atoms with Crippen LogP contribution < -0.4 is 16.5 Å². The number of hydrogen-bond acceptors (Lipinski definition) is 5. The van der Waals surface area contributed by atoms with E-state index >= 15 is 0 Å². The third-order valence-electron chi connectivity index (χ3n) is 3.92. The Labute approximate surface area is 144 Å². The first-order valence-electron chi connectivity index (χ1n) is 7.84. The Morgan fingerprint density at radius 3 is 2.72 bits per heavy atom. The molecule has 1 amide bonds. The number of benzene rings is 2. The second kappa shape index (κ2) is 6.74. The van der Waals surface area contributed by atoms with E-state index in [0.29, 0.717) is 23.1 Å². The van der Waals surface area contributed by atoms with Gasteiger partial charge in [-0.05, 0) is 30.2 Å². The molecule has 1 unspecified atom stereocenters. The largest absolute Gasteiger partial charge is 0.389 e. The molecule has 0 aliphatic rings. The molecule has 0 radical (unpaired) electrons. The molecule has 0 bridgehead atoms. The molecule has 1 heterocycles. The highest BCUT2D eigenvalue weighted by Gasteiger charge is 2.14. The number of carbonyl (C=O) groups excluding carboxylic acids is 1. The van der Waals surface area contributed by atoms with Crippen molar-refractivity contribution in [3.8, 4) is 0 Å². The fraction of sp³-hybridized carbons (Fsp3) is 0.167. The van der Waals surface area contributed by atoms with Gasteiger partial charge in [-0.15, -0.1) is 0 Å². The number of aliphatic hydroxyl groups excluding tert-OH is 1. The Balaban J connectivity index is 2.00. The molecular weight excluding hydrogens is 318 g/mol. The van der Waals surface area contributed by atoms with Crippen molar-refractivity contribution in [2.24, 2.45) is 0 Å². The minimum atomic E-state index is -0.663. The SMILES string of the molecule is CC(O)c1ccc2c(c1)nc(N)c(=N)n2C(=O)NCc1ccccc1. The number of fused-ring (bicyclic) bond motifs is 1. The maximum Gasteiger partial charge on any atom is 0.328 e. The molecule has 25 heavy (non-hydrogen) atoms. The normalized spacial score (nSPS) is 12.1.